The lowest BCUT2D eigenvalue weighted by Crippen LogP contribution is -2.34. The molecule has 19 heavy (non-hydrogen) atoms. The van der Waals surface area contributed by atoms with Gasteiger partial charge in [-0.25, -0.2) is 23.6 Å². The van der Waals surface area contributed by atoms with E-state index < -0.39 is 23.8 Å². The number of hydrogen-bond acceptors (Lipinski definition) is 5. The molecular formula is C10H13N3O5S. The molecule has 0 amide bonds. The fourth-order valence-corrected chi connectivity index (χ4v) is 2.07. The quantitative estimate of drug-likeness (QED) is 0.458. The predicted octanol–water partition coefficient (Wildman–Crippen LogP) is -0.106. The first-order valence-corrected chi connectivity index (χ1v) is 6.28. The van der Waals surface area contributed by atoms with Gasteiger partial charge in [0, 0.05) is 6.54 Å². The van der Waals surface area contributed by atoms with Gasteiger partial charge < -0.3 is 9.84 Å². The van der Waals surface area contributed by atoms with Crippen LogP contribution in [0.5, 0.6) is 0 Å². The summed E-state index contributed by atoms with van der Waals surface area (Å²) in [6.07, 6.45) is 0.962. The Morgan fingerprint density at radius 1 is 1.47 bits per heavy atom. The molecule has 0 aliphatic carbocycles. The van der Waals surface area contributed by atoms with Crippen LogP contribution in [0.1, 0.15) is 12.6 Å². The SMILES string of the molecule is O=C(O)OC1C=CCn2c(=O)n(CCCS)c(=O)n21. The van der Waals surface area contributed by atoms with Crippen LogP contribution in [0.4, 0.5) is 4.79 Å². The van der Waals surface area contributed by atoms with Gasteiger partial charge in [0.25, 0.3) is 0 Å². The average molecular weight is 287 g/mol. The molecular weight excluding hydrogens is 274 g/mol. The minimum atomic E-state index is -1.51. The molecule has 1 aliphatic heterocycles. The van der Waals surface area contributed by atoms with Gasteiger partial charge in [-0.2, -0.15) is 17.3 Å². The van der Waals surface area contributed by atoms with Crippen LogP contribution in [0.25, 0.3) is 0 Å². The van der Waals surface area contributed by atoms with Crippen LogP contribution in [-0.2, 0) is 17.8 Å². The molecule has 0 saturated heterocycles. The van der Waals surface area contributed by atoms with Crippen LogP contribution in [0, 0.1) is 0 Å². The summed E-state index contributed by atoms with van der Waals surface area (Å²) in [6, 6.07) is 0. The number of hydrogen-bond donors (Lipinski definition) is 2. The van der Waals surface area contributed by atoms with E-state index in [1.165, 1.54) is 6.08 Å². The van der Waals surface area contributed by atoms with Crippen LogP contribution >= 0.6 is 12.6 Å². The number of allylic oxidation sites excluding steroid dienone is 1. The zero-order chi connectivity index (χ0) is 14.0. The van der Waals surface area contributed by atoms with E-state index in [1.807, 2.05) is 0 Å². The largest absolute Gasteiger partial charge is 0.508 e. The van der Waals surface area contributed by atoms with E-state index in [1.54, 1.807) is 6.08 Å². The van der Waals surface area contributed by atoms with Gasteiger partial charge in [-0.05, 0) is 18.2 Å². The lowest BCUT2D eigenvalue weighted by Gasteiger charge is -2.18. The maximum Gasteiger partial charge on any atom is 0.508 e. The fraction of sp³-hybridized carbons (Fsp3) is 0.500. The molecule has 0 spiro atoms. The van der Waals surface area contributed by atoms with Crippen molar-refractivity contribution in [3.63, 3.8) is 0 Å². The molecule has 0 aromatic carbocycles. The highest BCUT2D eigenvalue weighted by molar-refractivity contribution is 7.80. The predicted molar refractivity (Wildman–Crippen MR) is 68.7 cm³/mol. The number of thiol groups is 1. The number of aromatic nitrogens is 3. The third kappa shape index (κ3) is 2.46. The van der Waals surface area contributed by atoms with Crippen molar-refractivity contribution in [2.24, 2.45) is 0 Å². The first-order valence-electron chi connectivity index (χ1n) is 5.65. The van der Waals surface area contributed by atoms with Crippen molar-refractivity contribution in [2.45, 2.75) is 25.7 Å². The maximum absolute atomic E-state index is 12.1. The molecule has 1 atom stereocenters. The topological polar surface area (TPSA) is 95.5 Å². The summed E-state index contributed by atoms with van der Waals surface area (Å²) in [6.45, 7) is 0.454. The number of nitrogens with zero attached hydrogens (tertiary/aromatic N) is 3. The van der Waals surface area contributed by atoms with Crippen molar-refractivity contribution in [2.75, 3.05) is 5.75 Å². The van der Waals surface area contributed by atoms with E-state index in [4.69, 9.17) is 5.11 Å². The van der Waals surface area contributed by atoms with Crippen molar-refractivity contribution >= 4 is 18.8 Å². The lowest BCUT2D eigenvalue weighted by atomic mass is 10.4. The molecule has 2 heterocycles. The van der Waals surface area contributed by atoms with Crippen LogP contribution in [0.2, 0.25) is 0 Å². The summed E-state index contributed by atoms with van der Waals surface area (Å²) in [7, 11) is 0. The molecule has 0 fully saturated rings. The Labute approximate surface area is 112 Å². The second-order valence-electron chi connectivity index (χ2n) is 3.92. The van der Waals surface area contributed by atoms with Crippen LogP contribution in [-0.4, -0.2) is 30.9 Å². The van der Waals surface area contributed by atoms with Crippen LogP contribution in [0.3, 0.4) is 0 Å². The van der Waals surface area contributed by atoms with Crippen molar-refractivity contribution in [3.05, 3.63) is 33.1 Å². The minimum Gasteiger partial charge on any atom is -0.450 e. The molecule has 0 radical (unpaired) electrons. The highest BCUT2D eigenvalue weighted by Crippen LogP contribution is 2.11. The Balaban J connectivity index is 2.45. The molecule has 1 aromatic heterocycles. The fourth-order valence-electron chi connectivity index (χ4n) is 1.92. The zero-order valence-corrected chi connectivity index (χ0v) is 10.8. The van der Waals surface area contributed by atoms with E-state index in [-0.39, 0.29) is 13.1 Å². The van der Waals surface area contributed by atoms with Gasteiger partial charge in [-0.1, -0.05) is 6.08 Å². The second kappa shape index (κ2) is 5.39. The van der Waals surface area contributed by atoms with E-state index >= 15 is 0 Å². The summed E-state index contributed by atoms with van der Waals surface area (Å²) in [4.78, 5) is 34.7. The van der Waals surface area contributed by atoms with Gasteiger partial charge in [0.1, 0.15) is 0 Å². The van der Waals surface area contributed by atoms with Crippen molar-refractivity contribution in [3.8, 4) is 0 Å². The summed E-state index contributed by atoms with van der Waals surface area (Å²) >= 11 is 4.03. The molecule has 0 bridgehead atoms. The smallest absolute Gasteiger partial charge is 0.450 e. The molecule has 1 aromatic rings. The monoisotopic (exact) mass is 287 g/mol. The van der Waals surface area contributed by atoms with Crippen molar-refractivity contribution in [1.29, 1.82) is 0 Å². The molecule has 2 rings (SSSR count). The molecule has 1 unspecified atom stereocenters. The third-order valence-corrected chi connectivity index (χ3v) is 3.04. The normalized spacial score (nSPS) is 17.2. The highest BCUT2D eigenvalue weighted by Gasteiger charge is 2.25. The van der Waals surface area contributed by atoms with Gasteiger partial charge in [-0.15, -0.1) is 0 Å². The average Bonchev–Trinajstić information content (AvgIpc) is 2.60. The molecule has 1 aliphatic rings. The molecule has 1 N–H and O–H groups in total. The summed E-state index contributed by atoms with van der Waals surface area (Å²) in [5, 5.41) is 8.62. The van der Waals surface area contributed by atoms with Crippen molar-refractivity contribution < 1.29 is 14.6 Å². The first-order chi connectivity index (χ1) is 9.06. The zero-order valence-electron chi connectivity index (χ0n) is 9.93. The van der Waals surface area contributed by atoms with E-state index in [2.05, 4.69) is 17.4 Å². The number of fused-ring (bicyclic) bond motifs is 1. The first kappa shape index (κ1) is 13.5. The number of ether oxygens (including phenoxy) is 1. The van der Waals surface area contributed by atoms with Crippen LogP contribution in [0.15, 0.2) is 21.7 Å². The van der Waals surface area contributed by atoms with Gasteiger partial charge in [0.2, 0.25) is 6.23 Å². The van der Waals surface area contributed by atoms with Gasteiger partial charge >= 0.3 is 17.5 Å². The maximum atomic E-state index is 12.1. The lowest BCUT2D eigenvalue weighted by molar-refractivity contribution is 0.0256. The Kier molecular flexibility index (Phi) is 3.84. The summed E-state index contributed by atoms with van der Waals surface area (Å²) < 4.78 is 7.80. The van der Waals surface area contributed by atoms with E-state index in [0.29, 0.717) is 12.2 Å². The number of rotatable bonds is 4. The van der Waals surface area contributed by atoms with Gasteiger partial charge in [0.05, 0.1) is 6.54 Å². The van der Waals surface area contributed by atoms with E-state index in [9.17, 15) is 14.4 Å². The van der Waals surface area contributed by atoms with Gasteiger partial charge in [0.15, 0.2) is 0 Å². The Morgan fingerprint density at radius 2 is 2.21 bits per heavy atom. The third-order valence-electron chi connectivity index (χ3n) is 2.72. The molecule has 8 nitrogen and oxygen atoms in total. The molecule has 104 valence electrons. The van der Waals surface area contributed by atoms with Gasteiger partial charge in [-0.3, -0.25) is 0 Å². The second-order valence-corrected chi connectivity index (χ2v) is 4.37. The summed E-state index contributed by atoms with van der Waals surface area (Å²) in [5.74, 6) is 0.546. The summed E-state index contributed by atoms with van der Waals surface area (Å²) in [5.41, 5.74) is -1.06. The number of carboxylic acid groups (broad SMARTS) is 1. The van der Waals surface area contributed by atoms with E-state index in [0.717, 1.165) is 13.9 Å². The Morgan fingerprint density at radius 3 is 2.84 bits per heavy atom. The van der Waals surface area contributed by atoms with Crippen LogP contribution < -0.4 is 11.4 Å². The molecule has 0 saturated carbocycles. The highest BCUT2D eigenvalue weighted by atomic mass is 32.1. The minimum absolute atomic E-state index is 0.210. The Hall–Kier alpha value is -1.90. The standard InChI is InChI=1S/C10H13N3O5S/c14-8-11(4-2-6-19)9(15)13-7(18-10(16)17)3-1-5-12(8)13/h1,3,7,19H,2,4-6H2,(H,16,17). The van der Waals surface area contributed by atoms with Crippen molar-refractivity contribution in [1.82, 2.24) is 13.9 Å². The molecule has 9 heteroatoms. The number of carbonyl (C=O) groups is 1. The Bertz CT molecular complexity index is 626.